The van der Waals surface area contributed by atoms with Gasteiger partial charge in [-0.25, -0.2) is 14.8 Å². The number of para-hydroxylation sites is 1. The number of aryl methyl sites for hydroxylation is 2. The number of hydrogen-bond acceptors (Lipinski definition) is 4. The fourth-order valence-electron chi connectivity index (χ4n) is 3.27. The van der Waals surface area contributed by atoms with Crippen LogP contribution in [0.25, 0.3) is 33.6 Å². The van der Waals surface area contributed by atoms with E-state index in [1.54, 1.807) is 6.07 Å². The van der Waals surface area contributed by atoms with Crippen molar-refractivity contribution >= 4 is 28.0 Å². The maximum Gasteiger partial charge on any atom is 0.339 e. The third-order valence-electron chi connectivity index (χ3n) is 4.49. The Hall–Kier alpha value is -3.15. The number of rotatable bonds is 3. The van der Waals surface area contributed by atoms with Gasteiger partial charge in [-0.1, -0.05) is 18.2 Å². The molecule has 25 heavy (non-hydrogen) atoms. The second-order valence-corrected chi connectivity index (χ2v) is 5.89. The first-order valence-corrected chi connectivity index (χ1v) is 8.13. The first kappa shape index (κ1) is 15.4. The molecule has 4 aromatic rings. The van der Waals surface area contributed by atoms with E-state index in [0.29, 0.717) is 11.1 Å². The third kappa shape index (κ3) is 2.29. The Morgan fingerprint density at radius 2 is 2.04 bits per heavy atom. The number of esters is 1. The molecule has 3 aromatic heterocycles. The summed E-state index contributed by atoms with van der Waals surface area (Å²) in [4.78, 5) is 20.9. The highest BCUT2D eigenvalue weighted by molar-refractivity contribution is 5.93. The van der Waals surface area contributed by atoms with E-state index >= 15 is 0 Å². The number of hydrogen-bond donors (Lipinski definition) is 0. The summed E-state index contributed by atoms with van der Waals surface area (Å²) >= 11 is 0. The average Bonchev–Trinajstić information content (AvgIpc) is 3.18. The Morgan fingerprint density at radius 1 is 1.24 bits per heavy atom. The molecular formula is C19H18N4O2. The summed E-state index contributed by atoms with van der Waals surface area (Å²) in [5, 5.41) is 1.18. The van der Waals surface area contributed by atoms with Crippen molar-refractivity contribution in [2.24, 2.45) is 7.05 Å². The highest BCUT2D eigenvalue weighted by Crippen LogP contribution is 2.29. The van der Waals surface area contributed by atoms with Gasteiger partial charge in [0, 0.05) is 30.7 Å². The molecule has 126 valence electrons. The van der Waals surface area contributed by atoms with Crippen molar-refractivity contribution in [1.29, 1.82) is 0 Å². The van der Waals surface area contributed by atoms with Crippen LogP contribution in [0.5, 0.6) is 0 Å². The number of ether oxygens (including phenoxy) is 1. The van der Waals surface area contributed by atoms with Gasteiger partial charge in [0.1, 0.15) is 5.52 Å². The SMILES string of the molecule is CCn1c(-c2nc3cc(C(=O)OC)cnc3n2C)cc2ccccc21. The highest BCUT2D eigenvalue weighted by Gasteiger charge is 2.18. The molecule has 0 unspecified atom stereocenters. The maximum atomic E-state index is 11.7. The summed E-state index contributed by atoms with van der Waals surface area (Å²) in [5.74, 6) is 0.409. The number of methoxy groups -OCH3 is 1. The van der Waals surface area contributed by atoms with Gasteiger partial charge in [-0.15, -0.1) is 0 Å². The fraction of sp³-hybridized carbons (Fsp3) is 0.211. The van der Waals surface area contributed by atoms with Crippen LogP contribution >= 0.6 is 0 Å². The van der Waals surface area contributed by atoms with Crippen LogP contribution in [0.15, 0.2) is 42.6 Å². The molecule has 6 nitrogen and oxygen atoms in total. The van der Waals surface area contributed by atoms with Gasteiger partial charge in [0.2, 0.25) is 0 Å². The minimum absolute atomic E-state index is 0.399. The number of carbonyl (C=O) groups is 1. The Labute approximate surface area is 144 Å². The first-order valence-electron chi connectivity index (χ1n) is 8.13. The van der Waals surface area contributed by atoms with Crippen LogP contribution in [0.4, 0.5) is 0 Å². The van der Waals surface area contributed by atoms with Gasteiger partial charge in [-0.3, -0.25) is 0 Å². The minimum atomic E-state index is -0.413. The van der Waals surface area contributed by atoms with Gasteiger partial charge in [-0.05, 0) is 25.1 Å². The van der Waals surface area contributed by atoms with E-state index in [-0.39, 0.29) is 0 Å². The van der Waals surface area contributed by atoms with E-state index in [2.05, 4.69) is 34.7 Å². The fourth-order valence-corrected chi connectivity index (χ4v) is 3.27. The molecule has 0 bridgehead atoms. The number of carbonyl (C=O) groups excluding carboxylic acids is 1. The van der Waals surface area contributed by atoms with Crippen molar-refractivity contribution in [2.75, 3.05) is 7.11 Å². The molecule has 0 saturated heterocycles. The summed E-state index contributed by atoms with van der Waals surface area (Å²) in [5.41, 5.74) is 4.01. The lowest BCUT2D eigenvalue weighted by molar-refractivity contribution is 0.0600. The second-order valence-electron chi connectivity index (χ2n) is 5.89. The molecule has 0 aliphatic rings. The summed E-state index contributed by atoms with van der Waals surface area (Å²) in [6.45, 7) is 2.96. The number of imidazole rings is 1. The Kier molecular flexibility index (Phi) is 3.53. The largest absolute Gasteiger partial charge is 0.465 e. The van der Waals surface area contributed by atoms with Crippen LogP contribution < -0.4 is 0 Å². The molecular weight excluding hydrogens is 316 g/mol. The molecule has 0 fully saturated rings. The van der Waals surface area contributed by atoms with Crippen LogP contribution in [0, 0.1) is 0 Å². The number of nitrogens with zero attached hydrogens (tertiary/aromatic N) is 4. The van der Waals surface area contributed by atoms with Crippen molar-refractivity contribution in [1.82, 2.24) is 19.1 Å². The number of benzene rings is 1. The van der Waals surface area contributed by atoms with E-state index in [9.17, 15) is 4.79 Å². The van der Waals surface area contributed by atoms with Crippen LogP contribution in [-0.4, -0.2) is 32.2 Å². The van der Waals surface area contributed by atoms with E-state index in [1.807, 2.05) is 23.7 Å². The van der Waals surface area contributed by atoms with Crippen LogP contribution in [0.1, 0.15) is 17.3 Å². The highest BCUT2D eigenvalue weighted by atomic mass is 16.5. The molecule has 0 radical (unpaired) electrons. The van der Waals surface area contributed by atoms with Crippen molar-refractivity contribution in [3.05, 3.63) is 48.2 Å². The van der Waals surface area contributed by atoms with Crippen molar-refractivity contribution < 1.29 is 9.53 Å². The Balaban J connectivity index is 1.95. The molecule has 3 heterocycles. The predicted octanol–water partition coefficient (Wildman–Crippen LogP) is 3.40. The van der Waals surface area contributed by atoms with Gasteiger partial charge in [-0.2, -0.15) is 0 Å². The summed E-state index contributed by atoms with van der Waals surface area (Å²) in [7, 11) is 3.29. The molecule has 6 heteroatoms. The summed E-state index contributed by atoms with van der Waals surface area (Å²) < 4.78 is 8.95. The van der Waals surface area contributed by atoms with Crippen LogP contribution in [0.3, 0.4) is 0 Å². The zero-order valence-corrected chi connectivity index (χ0v) is 14.4. The lowest BCUT2D eigenvalue weighted by Gasteiger charge is -2.07. The lowest BCUT2D eigenvalue weighted by atomic mass is 10.2. The minimum Gasteiger partial charge on any atom is -0.465 e. The maximum absolute atomic E-state index is 11.7. The quantitative estimate of drug-likeness (QED) is 0.539. The number of fused-ring (bicyclic) bond motifs is 2. The zero-order valence-electron chi connectivity index (χ0n) is 14.4. The first-order chi connectivity index (χ1) is 12.1. The average molecular weight is 334 g/mol. The Bertz CT molecular complexity index is 1110. The molecule has 0 saturated carbocycles. The lowest BCUT2D eigenvalue weighted by Crippen LogP contribution is -2.02. The van der Waals surface area contributed by atoms with Gasteiger partial charge in [0.15, 0.2) is 11.5 Å². The molecule has 4 rings (SSSR count). The summed E-state index contributed by atoms with van der Waals surface area (Å²) in [6.07, 6.45) is 1.52. The van der Waals surface area contributed by atoms with E-state index < -0.39 is 5.97 Å². The molecule has 0 atom stereocenters. The molecule has 0 aliphatic heterocycles. The van der Waals surface area contributed by atoms with Crippen molar-refractivity contribution in [3.63, 3.8) is 0 Å². The number of aromatic nitrogens is 4. The topological polar surface area (TPSA) is 61.9 Å². The van der Waals surface area contributed by atoms with Gasteiger partial charge < -0.3 is 13.9 Å². The van der Waals surface area contributed by atoms with E-state index in [0.717, 1.165) is 23.7 Å². The monoisotopic (exact) mass is 334 g/mol. The molecule has 0 aliphatic carbocycles. The standard InChI is InChI=1S/C19H18N4O2/c1-4-23-15-8-6-5-7-12(15)10-16(23)18-21-14-9-13(19(24)25-3)11-20-17(14)22(18)2/h5-11H,4H2,1-3H3. The van der Waals surface area contributed by atoms with Gasteiger partial charge >= 0.3 is 5.97 Å². The van der Waals surface area contributed by atoms with E-state index in [4.69, 9.17) is 9.72 Å². The number of pyridine rings is 1. The van der Waals surface area contributed by atoms with Crippen molar-refractivity contribution in [2.45, 2.75) is 13.5 Å². The predicted molar refractivity (Wildman–Crippen MR) is 96.5 cm³/mol. The normalized spacial score (nSPS) is 11.3. The molecule has 1 aromatic carbocycles. The van der Waals surface area contributed by atoms with E-state index in [1.165, 1.54) is 24.2 Å². The molecule has 0 N–H and O–H groups in total. The smallest absolute Gasteiger partial charge is 0.339 e. The van der Waals surface area contributed by atoms with Crippen LogP contribution in [-0.2, 0) is 18.3 Å². The molecule has 0 spiro atoms. The zero-order chi connectivity index (χ0) is 17.6. The van der Waals surface area contributed by atoms with Gasteiger partial charge in [0.05, 0.1) is 18.4 Å². The van der Waals surface area contributed by atoms with Gasteiger partial charge in [0.25, 0.3) is 0 Å². The molecule has 0 amide bonds. The van der Waals surface area contributed by atoms with Crippen LogP contribution in [0.2, 0.25) is 0 Å². The third-order valence-corrected chi connectivity index (χ3v) is 4.49. The Morgan fingerprint density at radius 3 is 2.80 bits per heavy atom. The van der Waals surface area contributed by atoms with Crippen molar-refractivity contribution in [3.8, 4) is 11.5 Å². The second kappa shape index (κ2) is 5.73. The summed E-state index contributed by atoms with van der Waals surface area (Å²) in [6, 6.07) is 12.1.